The first-order chi connectivity index (χ1) is 6.16. The molecule has 0 radical (unpaired) electrons. The van der Waals surface area contributed by atoms with E-state index in [2.05, 4.69) is 4.99 Å². The maximum absolute atomic E-state index is 9.68. The first-order valence-corrected chi connectivity index (χ1v) is 3.22. The van der Waals surface area contributed by atoms with E-state index in [-0.39, 0.29) is 0 Å². The highest BCUT2D eigenvalue weighted by atomic mass is 19.4. The van der Waals surface area contributed by atoms with Crippen molar-refractivity contribution in [3.05, 3.63) is 30.3 Å². The largest absolute Gasteiger partial charge is 0.379 e. The number of aliphatic imine (C=N–C) groups is 1. The van der Waals surface area contributed by atoms with Crippen LogP contribution < -0.4 is 0 Å². The van der Waals surface area contributed by atoms with Crippen molar-refractivity contribution in [2.24, 2.45) is 4.99 Å². The first-order valence-electron chi connectivity index (χ1n) is 3.22. The van der Waals surface area contributed by atoms with Gasteiger partial charge in [-0.15, -0.1) is 0 Å². The highest BCUT2D eigenvalue weighted by molar-refractivity contribution is 5.47. The lowest BCUT2D eigenvalue weighted by Crippen LogP contribution is -1.65. The van der Waals surface area contributed by atoms with Crippen molar-refractivity contribution < 1.29 is 18.0 Å². The van der Waals surface area contributed by atoms with Gasteiger partial charge in [0, 0.05) is 0 Å². The van der Waals surface area contributed by atoms with Crippen LogP contribution in [0.25, 0.3) is 0 Å². The Bertz CT molecular complexity index is 267. The van der Waals surface area contributed by atoms with E-state index in [0.29, 0.717) is 5.69 Å². The van der Waals surface area contributed by atoms with Gasteiger partial charge in [0.25, 0.3) is 0 Å². The summed E-state index contributed by atoms with van der Waals surface area (Å²) in [6, 6.07) is 8.98. The third-order valence-electron chi connectivity index (χ3n) is 0.931. The molecular weight excluding hydrogens is 183 g/mol. The van der Waals surface area contributed by atoms with E-state index in [9.17, 15) is 18.0 Å². The number of hydrogen-bond donors (Lipinski definition) is 0. The first kappa shape index (κ1) is 11.4. The second kappa shape index (κ2) is 7.06. The van der Waals surface area contributed by atoms with Crippen molar-refractivity contribution in [1.82, 2.24) is 0 Å². The smallest absolute Gasteiger partial charge is 0.211 e. The van der Waals surface area contributed by atoms with E-state index in [1.54, 1.807) is 12.1 Å². The molecule has 0 fully saturated rings. The standard InChI is InChI=1S/C7H5NO.CHF3/c9-6-8-7-4-2-1-3-5-7;2-1(3)4/h1-5H;1H. The van der Waals surface area contributed by atoms with Crippen LogP contribution >= 0.6 is 0 Å². The quantitative estimate of drug-likeness (QED) is 0.493. The number of para-hydroxylation sites is 1. The van der Waals surface area contributed by atoms with Crippen molar-refractivity contribution in [2.75, 3.05) is 0 Å². The summed E-state index contributed by atoms with van der Waals surface area (Å²) in [5, 5.41) is 0. The fourth-order valence-electron chi connectivity index (χ4n) is 0.555. The van der Waals surface area contributed by atoms with Crippen LogP contribution in [-0.2, 0) is 4.79 Å². The number of nitrogens with zero attached hydrogens (tertiary/aromatic N) is 1. The lowest BCUT2D eigenvalue weighted by Gasteiger charge is -1.83. The Morgan fingerprint density at radius 3 is 2.00 bits per heavy atom. The summed E-state index contributed by atoms with van der Waals surface area (Å²) in [6.07, 6.45) is 1.46. The third kappa shape index (κ3) is 8.29. The highest BCUT2D eigenvalue weighted by Crippen LogP contribution is 2.06. The minimum atomic E-state index is -3.67. The summed E-state index contributed by atoms with van der Waals surface area (Å²) in [6.45, 7) is -3.67. The molecule has 2 nitrogen and oxygen atoms in total. The Balaban J connectivity index is 0.000000310. The highest BCUT2D eigenvalue weighted by Gasteiger charge is 1.86. The molecule has 1 aromatic rings. The summed E-state index contributed by atoms with van der Waals surface area (Å²) < 4.78 is 29.0. The van der Waals surface area contributed by atoms with Gasteiger partial charge in [-0.1, -0.05) is 18.2 Å². The van der Waals surface area contributed by atoms with Gasteiger partial charge in [0.2, 0.25) is 6.08 Å². The molecule has 0 heterocycles. The molecule has 1 aromatic carbocycles. The molecular formula is C8H6F3NO. The van der Waals surface area contributed by atoms with Gasteiger partial charge < -0.3 is 0 Å². The van der Waals surface area contributed by atoms with E-state index < -0.39 is 6.68 Å². The molecule has 70 valence electrons. The van der Waals surface area contributed by atoms with E-state index >= 15 is 0 Å². The molecule has 0 saturated heterocycles. The maximum Gasteiger partial charge on any atom is 0.379 e. The summed E-state index contributed by atoms with van der Waals surface area (Å²) in [5.74, 6) is 0. The molecule has 0 unspecified atom stereocenters. The molecule has 13 heavy (non-hydrogen) atoms. The molecule has 1 rings (SSSR count). The number of isocyanates is 1. The second-order valence-corrected chi connectivity index (χ2v) is 1.79. The molecule has 0 saturated carbocycles. The summed E-state index contributed by atoms with van der Waals surface area (Å²) >= 11 is 0. The predicted molar refractivity (Wildman–Crippen MR) is 41.3 cm³/mol. The Labute approximate surface area is 72.7 Å². The third-order valence-corrected chi connectivity index (χ3v) is 0.931. The molecule has 0 N–H and O–H groups in total. The van der Waals surface area contributed by atoms with E-state index in [1.807, 2.05) is 18.2 Å². The average molecular weight is 189 g/mol. The summed E-state index contributed by atoms with van der Waals surface area (Å²) in [7, 11) is 0. The molecule has 0 aliphatic carbocycles. The number of carbonyl (C=O) groups excluding carboxylic acids is 1. The van der Waals surface area contributed by atoms with Crippen molar-refractivity contribution in [3.8, 4) is 0 Å². The summed E-state index contributed by atoms with van der Waals surface area (Å²) in [4.78, 5) is 13.1. The van der Waals surface area contributed by atoms with Gasteiger partial charge in [-0.25, -0.2) is 4.79 Å². The molecule has 0 aromatic heterocycles. The lowest BCUT2D eigenvalue weighted by molar-refractivity contribution is 0.00819. The van der Waals surface area contributed by atoms with Crippen molar-refractivity contribution in [3.63, 3.8) is 0 Å². The number of alkyl halides is 3. The number of rotatable bonds is 1. The fraction of sp³-hybridized carbons (Fsp3) is 0.125. The van der Waals surface area contributed by atoms with Crippen LogP contribution in [0, 0.1) is 0 Å². The molecule has 0 aliphatic heterocycles. The van der Waals surface area contributed by atoms with Crippen LogP contribution in [0.4, 0.5) is 18.9 Å². The van der Waals surface area contributed by atoms with Crippen LogP contribution in [0.1, 0.15) is 0 Å². The van der Waals surface area contributed by atoms with Crippen LogP contribution in [-0.4, -0.2) is 12.8 Å². The van der Waals surface area contributed by atoms with Crippen molar-refractivity contribution in [1.29, 1.82) is 0 Å². The minimum Gasteiger partial charge on any atom is -0.211 e. The summed E-state index contributed by atoms with van der Waals surface area (Å²) in [5.41, 5.74) is 0.646. The number of hydrogen-bond acceptors (Lipinski definition) is 2. The van der Waals surface area contributed by atoms with E-state index in [4.69, 9.17) is 0 Å². The normalized spacial score (nSPS) is 8.31. The Hall–Kier alpha value is -1.61. The lowest BCUT2D eigenvalue weighted by atomic mass is 10.3. The molecule has 0 amide bonds. The van der Waals surface area contributed by atoms with Crippen molar-refractivity contribution in [2.45, 2.75) is 6.68 Å². The topological polar surface area (TPSA) is 29.4 Å². The minimum absolute atomic E-state index is 0.646. The molecule has 5 heteroatoms. The Kier molecular flexibility index (Phi) is 6.19. The number of halogens is 3. The van der Waals surface area contributed by atoms with Gasteiger partial charge >= 0.3 is 6.68 Å². The second-order valence-electron chi connectivity index (χ2n) is 1.79. The molecule has 0 aliphatic rings. The predicted octanol–water partition coefficient (Wildman–Crippen LogP) is 2.83. The Morgan fingerprint density at radius 1 is 1.15 bits per heavy atom. The SMILES string of the molecule is FC(F)F.O=C=Nc1ccccc1. The Morgan fingerprint density at radius 2 is 1.62 bits per heavy atom. The van der Waals surface area contributed by atoms with Crippen molar-refractivity contribution >= 4 is 11.8 Å². The zero-order chi connectivity index (χ0) is 10.1. The van der Waals surface area contributed by atoms with Crippen LogP contribution in [0.3, 0.4) is 0 Å². The molecule has 0 spiro atoms. The van der Waals surface area contributed by atoms with Gasteiger partial charge in [0.05, 0.1) is 5.69 Å². The van der Waals surface area contributed by atoms with Gasteiger partial charge in [0.15, 0.2) is 0 Å². The average Bonchev–Trinajstić information content (AvgIpc) is 2.06. The van der Waals surface area contributed by atoms with E-state index in [1.165, 1.54) is 6.08 Å². The van der Waals surface area contributed by atoms with Crippen LogP contribution in [0.5, 0.6) is 0 Å². The van der Waals surface area contributed by atoms with Gasteiger partial charge in [0.1, 0.15) is 0 Å². The van der Waals surface area contributed by atoms with Crippen LogP contribution in [0.2, 0.25) is 0 Å². The van der Waals surface area contributed by atoms with E-state index in [0.717, 1.165) is 0 Å². The van der Waals surface area contributed by atoms with Gasteiger partial charge in [-0.2, -0.15) is 18.2 Å². The zero-order valence-electron chi connectivity index (χ0n) is 6.45. The maximum atomic E-state index is 9.68. The molecule has 0 bridgehead atoms. The van der Waals surface area contributed by atoms with Gasteiger partial charge in [-0.05, 0) is 12.1 Å². The van der Waals surface area contributed by atoms with Crippen LogP contribution in [0.15, 0.2) is 35.3 Å². The fourth-order valence-corrected chi connectivity index (χ4v) is 0.555. The monoisotopic (exact) mass is 189 g/mol. The number of benzene rings is 1. The van der Waals surface area contributed by atoms with Gasteiger partial charge in [-0.3, -0.25) is 0 Å². The molecule has 0 atom stereocenters. The zero-order valence-corrected chi connectivity index (χ0v) is 6.45.